The molecule has 98 valence electrons. The number of aromatic nitrogens is 3. The molecule has 0 saturated carbocycles. The van der Waals surface area contributed by atoms with Gasteiger partial charge in [0.05, 0.1) is 0 Å². The van der Waals surface area contributed by atoms with Crippen molar-refractivity contribution in [2.45, 2.75) is 0 Å². The van der Waals surface area contributed by atoms with Crippen LogP contribution in [-0.2, 0) is 0 Å². The maximum absolute atomic E-state index is 5.97. The zero-order valence-corrected chi connectivity index (χ0v) is 11.8. The standard InChI is InChI=1S/C15H9Cl2N3/c16-12-3-1-11(2-4-12)15-13(9-14(17)19-20-15)10-5-7-18-8-6-10/h1-9H. The highest BCUT2D eigenvalue weighted by atomic mass is 35.5. The number of hydrogen-bond acceptors (Lipinski definition) is 3. The van der Waals surface area contributed by atoms with Crippen molar-refractivity contribution in [2.75, 3.05) is 0 Å². The van der Waals surface area contributed by atoms with Crippen molar-refractivity contribution in [1.29, 1.82) is 0 Å². The maximum Gasteiger partial charge on any atom is 0.152 e. The summed E-state index contributed by atoms with van der Waals surface area (Å²) in [6.07, 6.45) is 3.46. The monoisotopic (exact) mass is 301 g/mol. The number of halogens is 2. The third kappa shape index (κ3) is 2.64. The van der Waals surface area contributed by atoms with Gasteiger partial charge in [0.1, 0.15) is 5.69 Å². The van der Waals surface area contributed by atoms with E-state index < -0.39 is 0 Å². The van der Waals surface area contributed by atoms with Crippen LogP contribution in [0.5, 0.6) is 0 Å². The van der Waals surface area contributed by atoms with Crippen molar-refractivity contribution >= 4 is 23.2 Å². The van der Waals surface area contributed by atoms with Gasteiger partial charge in [0.25, 0.3) is 0 Å². The molecule has 0 spiro atoms. The smallest absolute Gasteiger partial charge is 0.152 e. The summed E-state index contributed by atoms with van der Waals surface area (Å²) in [5.74, 6) is 0. The molecule has 0 N–H and O–H groups in total. The molecule has 20 heavy (non-hydrogen) atoms. The van der Waals surface area contributed by atoms with E-state index in [-0.39, 0.29) is 0 Å². The molecule has 0 atom stereocenters. The van der Waals surface area contributed by atoms with Crippen LogP contribution in [0.15, 0.2) is 54.9 Å². The molecule has 2 aromatic heterocycles. The van der Waals surface area contributed by atoms with Crippen LogP contribution in [0.2, 0.25) is 10.2 Å². The molecule has 5 heteroatoms. The van der Waals surface area contributed by atoms with Crippen molar-refractivity contribution in [3.63, 3.8) is 0 Å². The van der Waals surface area contributed by atoms with Crippen LogP contribution in [0.1, 0.15) is 0 Å². The quantitative estimate of drug-likeness (QED) is 0.699. The van der Waals surface area contributed by atoms with E-state index in [0.717, 1.165) is 22.4 Å². The van der Waals surface area contributed by atoms with E-state index in [9.17, 15) is 0 Å². The zero-order chi connectivity index (χ0) is 13.9. The lowest BCUT2D eigenvalue weighted by Crippen LogP contribution is -1.93. The van der Waals surface area contributed by atoms with Gasteiger partial charge in [-0.15, -0.1) is 10.2 Å². The van der Waals surface area contributed by atoms with E-state index in [0.29, 0.717) is 10.2 Å². The fraction of sp³-hybridized carbons (Fsp3) is 0. The van der Waals surface area contributed by atoms with Gasteiger partial charge in [-0.1, -0.05) is 35.3 Å². The summed E-state index contributed by atoms with van der Waals surface area (Å²) in [5.41, 5.74) is 3.60. The molecular formula is C15H9Cl2N3. The van der Waals surface area contributed by atoms with Crippen LogP contribution in [0.25, 0.3) is 22.4 Å². The van der Waals surface area contributed by atoms with E-state index in [1.165, 1.54) is 0 Å². The first-order valence-electron chi connectivity index (χ1n) is 5.93. The summed E-state index contributed by atoms with van der Waals surface area (Å²) >= 11 is 11.9. The molecule has 0 bridgehead atoms. The molecule has 3 aromatic rings. The minimum Gasteiger partial charge on any atom is -0.265 e. The SMILES string of the molecule is Clc1ccc(-c2nnc(Cl)cc2-c2ccncc2)cc1. The van der Waals surface area contributed by atoms with Gasteiger partial charge in [0.2, 0.25) is 0 Å². The molecule has 0 aliphatic rings. The van der Waals surface area contributed by atoms with Crippen molar-refractivity contribution < 1.29 is 0 Å². The predicted octanol–water partition coefficient (Wildman–Crippen LogP) is 4.51. The Morgan fingerprint density at radius 3 is 2.15 bits per heavy atom. The zero-order valence-electron chi connectivity index (χ0n) is 10.3. The van der Waals surface area contributed by atoms with Gasteiger partial charge in [0, 0.05) is 28.5 Å². The van der Waals surface area contributed by atoms with Crippen molar-refractivity contribution in [2.24, 2.45) is 0 Å². The first-order chi connectivity index (χ1) is 9.74. The topological polar surface area (TPSA) is 38.7 Å². The Hall–Kier alpha value is -1.97. The number of hydrogen-bond donors (Lipinski definition) is 0. The molecule has 0 unspecified atom stereocenters. The van der Waals surface area contributed by atoms with E-state index in [4.69, 9.17) is 23.2 Å². The number of benzene rings is 1. The van der Waals surface area contributed by atoms with Gasteiger partial charge in [-0.3, -0.25) is 4.98 Å². The molecular weight excluding hydrogens is 293 g/mol. The normalized spacial score (nSPS) is 10.5. The second kappa shape index (κ2) is 5.57. The largest absolute Gasteiger partial charge is 0.265 e. The van der Waals surface area contributed by atoms with E-state index >= 15 is 0 Å². The van der Waals surface area contributed by atoms with Crippen LogP contribution in [0.3, 0.4) is 0 Å². The maximum atomic E-state index is 5.97. The van der Waals surface area contributed by atoms with Gasteiger partial charge in [-0.25, -0.2) is 0 Å². The average Bonchev–Trinajstić information content (AvgIpc) is 2.49. The van der Waals surface area contributed by atoms with Crippen molar-refractivity contribution in [3.05, 3.63) is 65.0 Å². The molecule has 0 amide bonds. The van der Waals surface area contributed by atoms with Gasteiger partial charge in [-0.05, 0) is 35.9 Å². The Labute approximate surface area is 126 Å². The Bertz CT molecular complexity index is 728. The Kier molecular flexibility index (Phi) is 3.63. The first kappa shape index (κ1) is 13.0. The second-order valence-corrected chi connectivity index (χ2v) is 5.00. The van der Waals surface area contributed by atoms with Crippen LogP contribution >= 0.6 is 23.2 Å². The summed E-state index contributed by atoms with van der Waals surface area (Å²) in [6.45, 7) is 0. The lowest BCUT2D eigenvalue weighted by Gasteiger charge is -2.08. The third-order valence-corrected chi connectivity index (χ3v) is 3.31. The molecule has 0 saturated heterocycles. The Balaban J connectivity index is 2.19. The van der Waals surface area contributed by atoms with E-state index in [1.807, 2.05) is 36.4 Å². The molecule has 1 aromatic carbocycles. The van der Waals surface area contributed by atoms with Crippen molar-refractivity contribution in [1.82, 2.24) is 15.2 Å². The highest BCUT2D eigenvalue weighted by Crippen LogP contribution is 2.31. The van der Waals surface area contributed by atoms with E-state index in [2.05, 4.69) is 15.2 Å². The molecule has 2 heterocycles. The van der Waals surface area contributed by atoms with Crippen LogP contribution in [0.4, 0.5) is 0 Å². The van der Waals surface area contributed by atoms with Gasteiger partial charge in [0.15, 0.2) is 5.15 Å². The van der Waals surface area contributed by atoms with Gasteiger partial charge >= 0.3 is 0 Å². The predicted molar refractivity (Wildman–Crippen MR) is 80.7 cm³/mol. The third-order valence-electron chi connectivity index (χ3n) is 2.87. The summed E-state index contributed by atoms with van der Waals surface area (Å²) in [7, 11) is 0. The van der Waals surface area contributed by atoms with Crippen LogP contribution in [-0.4, -0.2) is 15.2 Å². The first-order valence-corrected chi connectivity index (χ1v) is 6.69. The fourth-order valence-electron chi connectivity index (χ4n) is 1.94. The Morgan fingerprint density at radius 1 is 0.750 bits per heavy atom. The molecule has 3 nitrogen and oxygen atoms in total. The second-order valence-electron chi connectivity index (χ2n) is 4.17. The number of rotatable bonds is 2. The molecule has 0 aliphatic heterocycles. The molecule has 0 radical (unpaired) electrons. The molecule has 3 rings (SSSR count). The van der Waals surface area contributed by atoms with Crippen LogP contribution in [0, 0.1) is 0 Å². The number of pyridine rings is 1. The van der Waals surface area contributed by atoms with E-state index in [1.54, 1.807) is 18.5 Å². The average molecular weight is 302 g/mol. The fourth-order valence-corrected chi connectivity index (χ4v) is 2.21. The van der Waals surface area contributed by atoms with Gasteiger partial charge < -0.3 is 0 Å². The van der Waals surface area contributed by atoms with Gasteiger partial charge in [-0.2, -0.15) is 0 Å². The highest BCUT2D eigenvalue weighted by molar-refractivity contribution is 6.30. The van der Waals surface area contributed by atoms with Crippen LogP contribution < -0.4 is 0 Å². The number of nitrogens with zero attached hydrogens (tertiary/aromatic N) is 3. The highest BCUT2D eigenvalue weighted by Gasteiger charge is 2.11. The summed E-state index contributed by atoms with van der Waals surface area (Å²) in [5, 5.41) is 9.18. The summed E-state index contributed by atoms with van der Waals surface area (Å²) in [4.78, 5) is 4.02. The Morgan fingerprint density at radius 2 is 1.45 bits per heavy atom. The molecule has 0 fully saturated rings. The lowest BCUT2D eigenvalue weighted by molar-refractivity contribution is 1.04. The lowest BCUT2D eigenvalue weighted by atomic mass is 10.0. The minimum atomic E-state index is 0.356. The minimum absolute atomic E-state index is 0.356. The molecule has 0 aliphatic carbocycles. The summed E-state index contributed by atoms with van der Waals surface area (Å²) < 4.78 is 0. The van der Waals surface area contributed by atoms with Crippen molar-refractivity contribution in [3.8, 4) is 22.4 Å². The summed E-state index contributed by atoms with van der Waals surface area (Å²) in [6, 6.07) is 13.1.